The first-order valence-corrected chi connectivity index (χ1v) is 17.4. The van der Waals surface area contributed by atoms with Crippen molar-refractivity contribution in [3.63, 3.8) is 0 Å². The van der Waals surface area contributed by atoms with Gasteiger partial charge < -0.3 is 40.5 Å². The maximum absolute atomic E-state index is 13.3. The van der Waals surface area contributed by atoms with Gasteiger partial charge in [-0.15, -0.1) is 0 Å². The fraction of sp³-hybridized carbons (Fsp3) is 0.514. The molecule has 0 aliphatic carbocycles. The number of anilines is 3. The van der Waals surface area contributed by atoms with E-state index >= 15 is 0 Å². The number of carbonyl (C=O) groups excluding carboxylic acids is 7. The molecule has 2 saturated heterocycles. The van der Waals surface area contributed by atoms with Crippen LogP contribution in [0.3, 0.4) is 0 Å². The molecule has 0 radical (unpaired) electrons. The molecule has 2 aliphatic heterocycles. The molecule has 0 bridgehead atoms. The summed E-state index contributed by atoms with van der Waals surface area (Å²) in [7, 11) is 2.42. The van der Waals surface area contributed by atoms with Gasteiger partial charge in [-0.05, 0) is 61.8 Å². The predicted octanol–water partition coefficient (Wildman–Crippen LogP) is 2.35. The van der Waals surface area contributed by atoms with Crippen LogP contribution in [0.15, 0.2) is 36.7 Å². The summed E-state index contributed by atoms with van der Waals surface area (Å²) in [6.07, 6.45) is 3.30. The van der Waals surface area contributed by atoms with Crippen LogP contribution >= 0.6 is 0 Å². The summed E-state index contributed by atoms with van der Waals surface area (Å²) in [5.74, 6) is -2.60. The molecule has 0 unspecified atom stereocenters. The van der Waals surface area contributed by atoms with E-state index in [9.17, 15) is 33.6 Å². The fourth-order valence-electron chi connectivity index (χ4n) is 6.15. The van der Waals surface area contributed by atoms with Gasteiger partial charge in [0.2, 0.25) is 29.6 Å². The normalized spacial score (nSPS) is 17.8. The Hall–Kier alpha value is -5.81. The van der Waals surface area contributed by atoms with E-state index in [1.165, 1.54) is 48.5 Å². The lowest BCUT2D eigenvalue weighted by molar-refractivity contribution is -0.139. The number of amides is 7. The lowest BCUT2D eigenvalue weighted by atomic mass is 10.0. The first-order chi connectivity index (χ1) is 25.2. The molecule has 53 heavy (non-hydrogen) atoms. The molecular formula is C35H47N9O9. The molecule has 2 aromatic rings. The third-order valence-corrected chi connectivity index (χ3v) is 9.02. The fourth-order valence-corrected chi connectivity index (χ4v) is 6.15. The molecule has 0 spiro atoms. The van der Waals surface area contributed by atoms with Gasteiger partial charge in [0.15, 0.2) is 0 Å². The number of aromatic nitrogens is 2. The topological polar surface area (TPSA) is 230 Å². The Morgan fingerprint density at radius 3 is 1.51 bits per heavy atom. The smallest absolute Gasteiger partial charge is 0.407 e. The monoisotopic (exact) mass is 737 g/mol. The second-order valence-corrected chi connectivity index (χ2v) is 13.4. The first kappa shape index (κ1) is 40.0. The number of nitrogens with zero attached hydrogens (tertiary/aromatic N) is 4. The third-order valence-electron chi connectivity index (χ3n) is 9.02. The number of carbonyl (C=O) groups is 7. The van der Waals surface area contributed by atoms with Crippen LogP contribution in [0.1, 0.15) is 63.7 Å². The largest absolute Gasteiger partial charge is 0.453 e. The Bertz CT molecular complexity index is 1670. The lowest BCUT2D eigenvalue weighted by Crippen LogP contribution is -2.54. The Morgan fingerprint density at radius 1 is 0.660 bits per heavy atom. The SMILES string of the molecule is COC(=O)N[C@H](C(=O)N1CCC[C@H]1C(=O)Nc1ccc(C(=O)Nc2ncc(NC(=O)[C@@H]3CCCN3C(=O)[C@@H](NC(=O)OC)C(C)C)cn2)cc1)C(C)C. The highest BCUT2D eigenvalue weighted by Crippen LogP contribution is 2.24. The van der Waals surface area contributed by atoms with Crippen molar-refractivity contribution in [3.05, 3.63) is 42.2 Å². The Balaban J connectivity index is 1.31. The summed E-state index contributed by atoms with van der Waals surface area (Å²) in [4.78, 5) is 101. The maximum Gasteiger partial charge on any atom is 0.407 e. The van der Waals surface area contributed by atoms with Crippen molar-refractivity contribution < 1.29 is 43.0 Å². The van der Waals surface area contributed by atoms with Crippen molar-refractivity contribution in [1.29, 1.82) is 0 Å². The van der Waals surface area contributed by atoms with Gasteiger partial charge in [-0.2, -0.15) is 0 Å². The van der Waals surface area contributed by atoms with Gasteiger partial charge >= 0.3 is 12.2 Å². The van der Waals surface area contributed by atoms with Crippen molar-refractivity contribution in [2.24, 2.45) is 11.8 Å². The number of hydrogen-bond donors (Lipinski definition) is 5. The summed E-state index contributed by atoms with van der Waals surface area (Å²) in [6, 6.07) is 2.90. The van der Waals surface area contributed by atoms with E-state index in [1.54, 1.807) is 39.8 Å². The molecule has 4 atom stereocenters. The molecule has 2 aliphatic rings. The van der Waals surface area contributed by atoms with Crippen molar-refractivity contribution in [1.82, 2.24) is 30.4 Å². The zero-order valence-electron chi connectivity index (χ0n) is 30.6. The Morgan fingerprint density at radius 2 is 1.09 bits per heavy atom. The van der Waals surface area contributed by atoms with E-state index in [0.29, 0.717) is 44.5 Å². The van der Waals surface area contributed by atoms with Gasteiger partial charge in [0, 0.05) is 24.3 Å². The second kappa shape index (κ2) is 18.1. The summed E-state index contributed by atoms with van der Waals surface area (Å²) in [5, 5.41) is 13.2. The Kier molecular flexibility index (Phi) is 13.6. The lowest BCUT2D eigenvalue weighted by Gasteiger charge is -2.30. The van der Waals surface area contributed by atoms with E-state index in [0.717, 1.165) is 0 Å². The van der Waals surface area contributed by atoms with Crippen LogP contribution in [0.25, 0.3) is 0 Å². The van der Waals surface area contributed by atoms with Crippen LogP contribution in [0.5, 0.6) is 0 Å². The summed E-state index contributed by atoms with van der Waals surface area (Å²) in [6.45, 7) is 7.87. The molecule has 1 aromatic heterocycles. The van der Waals surface area contributed by atoms with E-state index in [4.69, 9.17) is 0 Å². The van der Waals surface area contributed by atoms with Gasteiger partial charge in [0.25, 0.3) is 5.91 Å². The van der Waals surface area contributed by atoms with Crippen molar-refractivity contribution in [3.8, 4) is 0 Å². The van der Waals surface area contributed by atoms with Crippen LogP contribution in [-0.4, -0.2) is 113 Å². The van der Waals surface area contributed by atoms with Crippen LogP contribution in [0.4, 0.5) is 26.9 Å². The maximum atomic E-state index is 13.3. The van der Waals surface area contributed by atoms with E-state index < -0.39 is 54.1 Å². The Labute approximate surface area is 307 Å². The number of alkyl carbamates (subject to hydrolysis) is 2. The van der Waals surface area contributed by atoms with Gasteiger partial charge in [-0.3, -0.25) is 29.3 Å². The second-order valence-electron chi connectivity index (χ2n) is 13.4. The van der Waals surface area contributed by atoms with Crippen molar-refractivity contribution in [2.75, 3.05) is 43.3 Å². The number of methoxy groups -OCH3 is 2. The molecule has 7 amide bonds. The van der Waals surface area contributed by atoms with Gasteiger partial charge in [0.05, 0.1) is 32.3 Å². The minimum Gasteiger partial charge on any atom is -0.453 e. The third kappa shape index (κ3) is 10.2. The number of likely N-dealkylation sites (tertiary alicyclic amines) is 2. The molecule has 18 heteroatoms. The van der Waals surface area contributed by atoms with E-state index in [2.05, 4.69) is 46.0 Å². The predicted molar refractivity (Wildman–Crippen MR) is 191 cm³/mol. The summed E-state index contributed by atoms with van der Waals surface area (Å²) in [5.41, 5.74) is 0.919. The molecule has 1 aromatic carbocycles. The van der Waals surface area contributed by atoms with Gasteiger partial charge in [-0.25, -0.2) is 19.6 Å². The van der Waals surface area contributed by atoms with Crippen LogP contribution in [0, 0.1) is 11.8 Å². The average molecular weight is 738 g/mol. The van der Waals surface area contributed by atoms with Crippen LogP contribution in [0.2, 0.25) is 0 Å². The molecule has 2 fully saturated rings. The molecule has 5 N–H and O–H groups in total. The highest BCUT2D eigenvalue weighted by molar-refractivity contribution is 6.04. The molecule has 3 heterocycles. The minimum absolute atomic E-state index is 0.0240. The first-order valence-electron chi connectivity index (χ1n) is 17.4. The zero-order chi connectivity index (χ0) is 38.8. The minimum atomic E-state index is -0.862. The molecule has 286 valence electrons. The van der Waals surface area contributed by atoms with E-state index in [-0.39, 0.29) is 40.8 Å². The molecular weight excluding hydrogens is 690 g/mol. The quantitative estimate of drug-likeness (QED) is 0.212. The van der Waals surface area contributed by atoms with Gasteiger partial charge in [0.1, 0.15) is 24.2 Å². The molecule has 18 nitrogen and oxygen atoms in total. The zero-order valence-corrected chi connectivity index (χ0v) is 30.6. The van der Waals surface area contributed by atoms with Crippen LogP contribution in [-0.2, 0) is 28.7 Å². The number of nitrogens with one attached hydrogen (secondary N) is 5. The van der Waals surface area contributed by atoms with Crippen molar-refractivity contribution in [2.45, 2.75) is 77.5 Å². The van der Waals surface area contributed by atoms with Crippen molar-refractivity contribution >= 4 is 59.0 Å². The van der Waals surface area contributed by atoms with Crippen LogP contribution < -0.4 is 26.6 Å². The summed E-state index contributed by atoms with van der Waals surface area (Å²) < 4.78 is 9.29. The standard InChI is InChI=1S/C35H47N9O9/c1-19(2)26(40-34(50)52-5)31(48)43-15-7-9-24(43)29(46)38-22-13-11-21(12-14-22)28(45)42-33-36-17-23(18-37-33)39-30(47)25-10-8-16-44(25)32(49)27(20(3)4)41-35(51)53-6/h11-14,17-20,24-27H,7-10,15-16H2,1-6H3,(H,38,46)(H,39,47)(H,40,50)(H,41,51)(H,36,37,42,45)/t24-,25-,26-,27-/m0/s1. The molecule has 0 saturated carbocycles. The highest BCUT2D eigenvalue weighted by Gasteiger charge is 2.40. The van der Waals surface area contributed by atoms with Gasteiger partial charge in [-0.1, -0.05) is 27.7 Å². The number of ether oxygens (including phenoxy) is 2. The highest BCUT2D eigenvalue weighted by atomic mass is 16.5. The number of rotatable bonds is 12. The summed E-state index contributed by atoms with van der Waals surface area (Å²) >= 11 is 0. The molecule has 4 rings (SSSR count). The van der Waals surface area contributed by atoms with E-state index in [1.807, 2.05) is 0 Å². The average Bonchev–Trinajstić information content (AvgIpc) is 3.84. The number of hydrogen-bond acceptors (Lipinski definition) is 11. The number of benzene rings is 1.